The lowest BCUT2D eigenvalue weighted by Crippen LogP contribution is -2.46. The van der Waals surface area contributed by atoms with E-state index in [1.807, 2.05) is 36.1 Å². The summed E-state index contributed by atoms with van der Waals surface area (Å²) in [5.74, 6) is -0.301. The summed E-state index contributed by atoms with van der Waals surface area (Å²) < 4.78 is 0. The summed E-state index contributed by atoms with van der Waals surface area (Å²) >= 11 is 0. The van der Waals surface area contributed by atoms with Gasteiger partial charge in [-0.2, -0.15) is 0 Å². The van der Waals surface area contributed by atoms with Gasteiger partial charge in [0.1, 0.15) is 6.04 Å². The molecule has 1 aromatic rings. The van der Waals surface area contributed by atoms with Crippen molar-refractivity contribution in [2.45, 2.75) is 25.4 Å². The van der Waals surface area contributed by atoms with Gasteiger partial charge < -0.3 is 16.4 Å². The van der Waals surface area contributed by atoms with E-state index in [0.717, 1.165) is 24.2 Å². The molecule has 1 aliphatic rings. The topological polar surface area (TPSA) is 72.4 Å². The maximum atomic E-state index is 11.2. The largest absolute Gasteiger partial charge is 0.368 e. The fourth-order valence-electron chi connectivity index (χ4n) is 2.17. The Morgan fingerprint density at radius 2 is 2.19 bits per heavy atom. The van der Waals surface area contributed by atoms with Gasteiger partial charge in [0.25, 0.3) is 0 Å². The number of anilines is 1. The van der Waals surface area contributed by atoms with E-state index in [4.69, 9.17) is 11.5 Å². The van der Waals surface area contributed by atoms with Crippen LogP contribution in [0, 0.1) is 0 Å². The number of hydrogen-bond acceptors (Lipinski definition) is 3. The third-order valence-electron chi connectivity index (χ3n) is 3.21. The highest BCUT2D eigenvalue weighted by Gasteiger charge is 2.27. The smallest absolute Gasteiger partial charge is 0.239 e. The third kappa shape index (κ3) is 1.76. The van der Waals surface area contributed by atoms with Crippen LogP contribution >= 0.6 is 0 Å². The number of carbonyl (C=O) groups is 1. The van der Waals surface area contributed by atoms with Gasteiger partial charge in [-0.15, -0.1) is 0 Å². The van der Waals surface area contributed by atoms with E-state index in [2.05, 4.69) is 0 Å². The van der Waals surface area contributed by atoms with Gasteiger partial charge in [-0.3, -0.25) is 4.79 Å². The number of nitrogens with two attached hydrogens (primary N) is 2. The number of carbonyl (C=O) groups excluding carboxylic acids is 1. The van der Waals surface area contributed by atoms with E-state index in [1.165, 1.54) is 0 Å². The lowest BCUT2D eigenvalue weighted by Gasteiger charge is -2.37. The van der Waals surface area contributed by atoms with Crippen molar-refractivity contribution in [1.29, 1.82) is 0 Å². The molecule has 0 saturated heterocycles. The van der Waals surface area contributed by atoms with Gasteiger partial charge in [-0.25, -0.2) is 0 Å². The Bertz CT molecular complexity index is 405. The minimum atomic E-state index is -0.301. The zero-order chi connectivity index (χ0) is 11.7. The number of para-hydroxylation sites is 1. The number of primary amides is 1. The third-order valence-corrected chi connectivity index (χ3v) is 3.21. The van der Waals surface area contributed by atoms with Gasteiger partial charge in [0.15, 0.2) is 0 Å². The summed E-state index contributed by atoms with van der Waals surface area (Å²) in [5, 5.41) is 0. The lowest BCUT2D eigenvalue weighted by molar-refractivity contribution is -0.119. The summed E-state index contributed by atoms with van der Waals surface area (Å²) in [5.41, 5.74) is 13.5. The van der Waals surface area contributed by atoms with Crippen LogP contribution in [-0.4, -0.2) is 18.5 Å². The van der Waals surface area contributed by atoms with Crippen molar-refractivity contribution >= 4 is 11.6 Å². The summed E-state index contributed by atoms with van der Waals surface area (Å²) in [4.78, 5) is 13.3. The Morgan fingerprint density at radius 1 is 1.50 bits per heavy atom. The maximum absolute atomic E-state index is 11.2. The molecular formula is C12H17N3O. The van der Waals surface area contributed by atoms with E-state index >= 15 is 0 Å². The van der Waals surface area contributed by atoms with Crippen LogP contribution in [0.3, 0.4) is 0 Å². The summed E-state index contributed by atoms with van der Waals surface area (Å²) in [6.07, 6.45) is 0.856. The Kier molecular flexibility index (Phi) is 2.83. The summed E-state index contributed by atoms with van der Waals surface area (Å²) in [7, 11) is 0. The molecule has 0 fully saturated rings. The van der Waals surface area contributed by atoms with Gasteiger partial charge in [0.05, 0.1) is 0 Å². The van der Waals surface area contributed by atoms with Crippen molar-refractivity contribution in [3.05, 3.63) is 29.8 Å². The van der Waals surface area contributed by atoms with Crippen LogP contribution in [0.5, 0.6) is 0 Å². The average Bonchev–Trinajstić information content (AvgIpc) is 2.29. The Balaban J connectivity index is 2.38. The predicted molar refractivity (Wildman–Crippen MR) is 64.0 cm³/mol. The molecule has 86 valence electrons. The maximum Gasteiger partial charge on any atom is 0.239 e. The van der Waals surface area contributed by atoms with Crippen molar-refractivity contribution in [3.8, 4) is 0 Å². The van der Waals surface area contributed by atoms with Gasteiger partial charge in [-0.05, 0) is 25.0 Å². The van der Waals surface area contributed by atoms with Crippen LogP contribution in [0.4, 0.5) is 5.69 Å². The molecule has 4 heteroatoms. The molecule has 1 heterocycles. The van der Waals surface area contributed by atoms with Gasteiger partial charge in [0, 0.05) is 18.3 Å². The van der Waals surface area contributed by atoms with E-state index in [0.29, 0.717) is 0 Å². The normalized spacial score (nSPS) is 21.4. The second kappa shape index (κ2) is 4.14. The average molecular weight is 219 g/mol. The molecule has 2 rings (SSSR count). The van der Waals surface area contributed by atoms with Crippen LogP contribution < -0.4 is 16.4 Å². The Labute approximate surface area is 95.2 Å². The molecular weight excluding hydrogens is 202 g/mol. The quantitative estimate of drug-likeness (QED) is 0.771. The molecule has 1 amide bonds. The van der Waals surface area contributed by atoms with Crippen molar-refractivity contribution in [3.63, 3.8) is 0 Å². The highest BCUT2D eigenvalue weighted by atomic mass is 16.1. The van der Waals surface area contributed by atoms with Gasteiger partial charge in [-0.1, -0.05) is 18.2 Å². The molecule has 0 spiro atoms. The molecule has 4 nitrogen and oxygen atoms in total. The van der Waals surface area contributed by atoms with Gasteiger partial charge in [0.2, 0.25) is 5.91 Å². The molecule has 0 bridgehead atoms. The highest BCUT2D eigenvalue weighted by Crippen LogP contribution is 2.33. The van der Waals surface area contributed by atoms with Crippen LogP contribution in [-0.2, 0) is 4.79 Å². The lowest BCUT2D eigenvalue weighted by atomic mass is 9.96. The minimum absolute atomic E-state index is 0.0625. The molecule has 16 heavy (non-hydrogen) atoms. The molecule has 4 N–H and O–H groups in total. The molecule has 0 aliphatic carbocycles. The zero-order valence-corrected chi connectivity index (χ0v) is 9.39. The van der Waals surface area contributed by atoms with E-state index < -0.39 is 0 Å². The fourth-order valence-corrected chi connectivity index (χ4v) is 2.17. The number of amides is 1. The Hall–Kier alpha value is -1.55. The first-order valence-electron chi connectivity index (χ1n) is 5.51. The number of nitrogens with zero attached hydrogens (tertiary/aromatic N) is 1. The molecule has 2 atom stereocenters. The van der Waals surface area contributed by atoms with Crippen molar-refractivity contribution in [2.75, 3.05) is 11.4 Å². The molecule has 0 aromatic heterocycles. The Morgan fingerprint density at radius 3 is 2.88 bits per heavy atom. The fraction of sp³-hybridized carbons (Fsp3) is 0.417. The number of rotatable bonds is 2. The SMILES string of the molecule is CC(C(N)=O)N1CCC(N)c2ccccc21. The second-order valence-corrected chi connectivity index (χ2v) is 4.23. The monoisotopic (exact) mass is 219 g/mol. The summed E-state index contributed by atoms with van der Waals surface area (Å²) in [6.45, 7) is 2.61. The number of benzene rings is 1. The van der Waals surface area contributed by atoms with E-state index in [1.54, 1.807) is 0 Å². The summed E-state index contributed by atoms with van der Waals surface area (Å²) in [6, 6.07) is 7.71. The zero-order valence-electron chi connectivity index (χ0n) is 9.39. The second-order valence-electron chi connectivity index (χ2n) is 4.23. The molecule has 0 radical (unpaired) electrons. The van der Waals surface area contributed by atoms with Crippen LogP contribution in [0.15, 0.2) is 24.3 Å². The van der Waals surface area contributed by atoms with Crippen LogP contribution in [0.2, 0.25) is 0 Å². The van der Waals surface area contributed by atoms with Crippen molar-refractivity contribution in [2.24, 2.45) is 11.5 Å². The standard InChI is InChI=1S/C12H17N3O/c1-8(12(14)16)15-7-6-10(13)9-4-2-3-5-11(9)15/h2-5,8,10H,6-7,13H2,1H3,(H2,14,16). The predicted octanol–water partition coefficient (Wildman–Crippen LogP) is 0.770. The van der Waals surface area contributed by atoms with Gasteiger partial charge >= 0.3 is 0 Å². The highest BCUT2D eigenvalue weighted by molar-refractivity contribution is 5.83. The molecule has 0 saturated carbocycles. The number of hydrogen-bond donors (Lipinski definition) is 2. The first-order chi connectivity index (χ1) is 7.61. The van der Waals surface area contributed by atoms with E-state index in [9.17, 15) is 4.79 Å². The van der Waals surface area contributed by atoms with Crippen LogP contribution in [0.1, 0.15) is 24.9 Å². The van der Waals surface area contributed by atoms with E-state index in [-0.39, 0.29) is 18.0 Å². The molecule has 2 unspecified atom stereocenters. The minimum Gasteiger partial charge on any atom is -0.368 e. The molecule has 1 aliphatic heterocycles. The van der Waals surface area contributed by atoms with Crippen molar-refractivity contribution in [1.82, 2.24) is 0 Å². The number of fused-ring (bicyclic) bond motifs is 1. The van der Waals surface area contributed by atoms with Crippen LogP contribution in [0.25, 0.3) is 0 Å². The molecule has 1 aromatic carbocycles. The first-order valence-corrected chi connectivity index (χ1v) is 5.51. The van der Waals surface area contributed by atoms with Crippen molar-refractivity contribution < 1.29 is 4.79 Å². The first kappa shape index (κ1) is 11.0.